The van der Waals surface area contributed by atoms with Gasteiger partial charge >= 0.3 is 0 Å². The summed E-state index contributed by atoms with van der Waals surface area (Å²) in [6.45, 7) is 4.40. The Kier molecular flexibility index (Phi) is 6.93. The Balaban J connectivity index is 3.69. The molecule has 0 bridgehead atoms. The van der Waals surface area contributed by atoms with Crippen molar-refractivity contribution in [2.24, 2.45) is 0 Å². The van der Waals surface area contributed by atoms with Gasteiger partial charge in [-0.05, 0) is 26.7 Å². The molecule has 0 spiro atoms. The summed E-state index contributed by atoms with van der Waals surface area (Å²) in [7, 11) is 1.63. The Bertz CT molecular complexity index is 172. The van der Waals surface area contributed by atoms with Gasteiger partial charge in [-0.25, -0.2) is 0 Å². The molecule has 1 amide bonds. The average Bonchev–Trinajstić information content (AvgIpc) is 2.03. The Morgan fingerprint density at radius 3 is 2.57 bits per heavy atom. The first kappa shape index (κ1) is 13.7. The summed E-state index contributed by atoms with van der Waals surface area (Å²) < 4.78 is 5.00. The van der Waals surface area contributed by atoms with Gasteiger partial charge in [-0.1, -0.05) is 0 Å². The van der Waals surface area contributed by atoms with E-state index in [0.29, 0.717) is 18.9 Å². The number of rotatable bonds is 7. The summed E-state index contributed by atoms with van der Waals surface area (Å²) in [6, 6.07) is 0. The van der Waals surface area contributed by atoms with Crippen molar-refractivity contribution >= 4 is 17.5 Å². The van der Waals surface area contributed by atoms with Crippen LogP contribution in [0.3, 0.4) is 0 Å². The summed E-state index contributed by atoms with van der Waals surface area (Å²) in [6.07, 6.45) is 2.28. The summed E-state index contributed by atoms with van der Waals surface area (Å²) in [4.78, 5) is 11.4. The first-order chi connectivity index (χ1) is 6.52. The van der Waals surface area contributed by atoms with Gasteiger partial charge in [0.05, 0.1) is 12.1 Å². The number of hydrogen-bond acceptors (Lipinski definition) is 2. The van der Waals surface area contributed by atoms with Crippen molar-refractivity contribution in [3.05, 3.63) is 0 Å². The van der Waals surface area contributed by atoms with Gasteiger partial charge in [0.25, 0.3) is 0 Å². The zero-order valence-electron chi connectivity index (χ0n) is 9.23. The summed E-state index contributed by atoms with van der Waals surface area (Å²) in [5, 5.41) is 2.91. The second-order valence-corrected chi connectivity index (χ2v) is 4.39. The Hall–Kier alpha value is -0.280. The zero-order chi connectivity index (χ0) is 11.0. The lowest BCUT2D eigenvalue weighted by Crippen LogP contribution is -2.46. The molecule has 0 atom stereocenters. The fraction of sp³-hybridized carbons (Fsp3) is 0.900. The highest BCUT2D eigenvalue weighted by Gasteiger charge is 2.19. The molecule has 0 aliphatic carbocycles. The Labute approximate surface area is 91.2 Å². The molecule has 1 N–H and O–H groups in total. The molecule has 0 heterocycles. The van der Waals surface area contributed by atoms with Gasteiger partial charge in [-0.2, -0.15) is 0 Å². The third-order valence-corrected chi connectivity index (χ3v) is 2.04. The molecule has 0 aromatic rings. The summed E-state index contributed by atoms with van der Waals surface area (Å²) >= 11 is 5.52. The number of hydrogen-bond donors (Lipinski definition) is 1. The van der Waals surface area contributed by atoms with E-state index < -0.39 is 0 Å². The predicted molar refractivity (Wildman–Crippen MR) is 58.7 cm³/mol. The minimum atomic E-state index is -0.285. The van der Waals surface area contributed by atoms with Gasteiger partial charge in [0.2, 0.25) is 5.91 Å². The van der Waals surface area contributed by atoms with E-state index in [1.165, 1.54) is 0 Å². The number of methoxy groups -OCH3 is 1. The smallest absolute Gasteiger partial charge is 0.220 e. The van der Waals surface area contributed by atoms with E-state index in [0.717, 1.165) is 12.8 Å². The number of ether oxygens (including phenoxy) is 1. The van der Waals surface area contributed by atoms with E-state index in [1.807, 2.05) is 13.8 Å². The molecular weight excluding hydrogens is 202 g/mol. The van der Waals surface area contributed by atoms with E-state index in [1.54, 1.807) is 7.11 Å². The van der Waals surface area contributed by atoms with Gasteiger partial charge in [0, 0.05) is 19.4 Å². The Morgan fingerprint density at radius 2 is 2.07 bits per heavy atom. The molecule has 0 radical (unpaired) electrons. The normalized spacial score (nSPS) is 11.4. The number of amides is 1. The van der Waals surface area contributed by atoms with Crippen LogP contribution < -0.4 is 5.32 Å². The third kappa shape index (κ3) is 7.15. The van der Waals surface area contributed by atoms with Crippen molar-refractivity contribution in [3.63, 3.8) is 0 Å². The van der Waals surface area contributed by atoms with Crippen LogP contribution in [0.4, 0.5) is 0 Å². The molecule has 0 aliphatic heterocycles. The lowest BCUT2D eigenvalue weighted by atomic mass is 10.1. The number of carbonyl (C=O) groups is 1. The molecule has 84 valence electrons. The topological polar surface area (TPSA) is 38.3 Å². The molecule has 0 rings (SSSR count). The van der Waals surface area contributed by atoms with E-state index in [2.05, 4.69) is 5.32 Å². The van der Waals surface area contributed by atoms with Crippen LogP contribution in [0.5, 0.6) is 0 Å². The summed E-state index contributed by atoms with van der Waals surface area (Å²) in [5.74, 6) is 0.687. The average molecular weight is 222 g/mol. The second-order valence-electron chi connectivity index (χ2n) is 4.01. The second kappa shape index (κ2) is 7.07. The van der Waals surface area contributed by atoms with Crippen LogP contribution in [0.2, 0.25) is 0 Å². The predicted octanol–water partition coefficient (Wildman–Crippen LogP) is 1.94. The molecule has 0 saturated heterocycles. The highest BCUT2D eigenvalue weighted by Crippen LogP contribution is 2.04. The third-order valence-electron chi connectivity index (χ3n) is 1.77. The van der Waals surface area contributed by atoms with Crippen LogP contribution in [0.15, 0.2) is 0 Å². The number of carbonyl (C=O) groups excluding carboxylic acids is 1. The van der Waals surface area contributed by atoms with Crippen molar-refractivity contribution in [1.82, 2.24) is 5.32 Å². The quantitative estimate of drug-likeness (QED) is 0.527. The molecule has 0 fully saturated rings. The van der Waals surface area contributed by atoms with Crippen LogP contribution in [-0.2, 0) is 9.53 Å². The molecule has 3 nitrogen and oxygen atoms in total. The van der Waals surface area contributed by atoms with Crippen molar-refractivity contribution in [2.45, 2.75) is 38.6 Å². The monoisotopic (exact) mass is 221 g/mol. The van der Waals surface area contributed by atoms with E-state index in [-0.39, 0.29) is 11.4 Å². The van der Waals surface area contributed by atoms with Gasteiger partial charge in [-0.3, -0.25) is 4.79 Å². The molecule has 0 aromatic heterocycles. The number of nitrogens with one attached hydrogen (secondary N) is 1. The van der Waals surface area contributed by atoms with E-state index >= 15 is 0 Å². The highest BCUT2D eigenvalue weighted by atomic mass is 35.5. The lowest BCUT2D eigenvalue weighted by molar-refractivity contribution is -0.123. The van der Waals surface area contributed by atoms with Crippen molar-refractivity contribution < 1.29 is 9.53 Å². The van der Waals surface area contributed by atoms with Crippen molar-refractivity contribution in [2.75, 3.05) is 19.6 Å². The molecule has 14 heavy (non-hydrogen) atoms. The molecule has 0 aliphatic rings. The maximum atomic E-state index is 11.4. The number of alkyl halides is 1. The number of halogens is 1. The molecule has 0 unspecified atom stereocenters. The fourth-order valence-electron chi connectivity index (χ4n) is 1.22. The van der Waals surface area contributed by atoms with Gasteiger partial charge in [0.15, 0.2) is 0 Å². The minimum absolute atomic E-state index is 0.0668. The fourth-order valence-corrected chi connectivity index (χ4v) is 1.41. The maximum absolute atomic E-state index is 11.4. The summed E-state index contributed by atoms with van der Waals surface area (Å²) in [5.41, 5.74) is -0.285. The Morgan fingerprint density at radius 1 is 1.43 bits per heavy atom. The van der Waals surface area contributed by atoms with Crippen LogP contribution in [0, 0.1) is 0 Å². The van der Waals surface area contributed by atoms with E-state index in [9.17, 15) is 4.79 Å². The standard InChI is InChI=1S/C10H20ClNO2/c1-10(2,8-14-3)12-9(13)6-4-5-7-11/h4-8H2,1-3H3,(H,12,13). The highest BCUT2D eigenvalue weighted by molar-refractivity contribution is 6.17. The molecule has 0 aromatic carbocycles. The van der Waals surface area contributed by atoms with Crippen molar-refractivity contribution in [1.29, 1.82) is 0 Å². The minimum Gasteiger partial charge on any atom is -0.382 e. The SMILES string of the molecule is COCC(C)(C)NC(=O)CCCCCl. The van der Waals surface area contributed by atoms with Crippen LogP contribution in [-0.4, -0.2) is 31.0 Å². The van der Waals surface area contributed by atoms with Gasteiger partial charge in [0.1, 0.15) is 0 Å². The lowest BCUT2D eigenvalue weighted by Gasteiger charge is -2.25. The molecule has 4 heteroatoms. The first-order valence-corrected chi connectivity index (χ1v) is 5.41. The molecular formula is C10H20ClNO2. The largest absolute Gasteiger partial charge is 0.382 e. The first-order valence-electron chi connectivity index (χ1n) is 4.88. The number of unbranched alkanes of at least 4 members (excludes halogenated alkanes) is 1. The van der Waals surface area contributed by atoms with Crippen molar-refractivity contribution in [3.8, 4) is 0 Å². The van der Waals surface area contributed by atoms with Crippen LogP contribution in [0.1, 0.15) is 33.1 Å². The van der Waals surface area contributed by atoms with Gasteiger partial charge in [-0.15, -0.1) is 11.6 Å². The molecule has 0 saturated carbocycles. The van der Waals surface area contributed by atoms with E-state index in [4.69, 9.17) is 16.3 Å². The maximum Gasteiger partial charge on any atom is 0.220 e. The van der Waals surface area contributed by atoms with Crippen LogP contribution in [0.25, 0.3) is 0 Å². The van der Waals surface area contributed by atoms with Crippen LogP contribution >= 0.6 is 11.6 Å². The van der Waals surface area contributed by atoms with Gasteiger partial charge < -0.3 is 10.1 Å². The zero-order valence-corrected chi connectivity index (χ0v) is 9.99.